The Bertz CT molecular complexity index is 643. The molecule has 7 heteroatoms. The van der Waals surface area contributed by atoms with Crippen LogP contribution in [0.4, 0.5) is 17.6 Å². The van der Waals surface area contributed by atoms with Crippen LogP contribution in [0.15, 0.2) is 42.5 Å². The lowest BCUT2D eigenvalue weighted by molar-refractivity contribution is -0.131. The third kappa shape index (κ3) is 4.90. The number of nitrogens with zero attached hydrogens (tertiary/aromatic N) is 3. The first-order valence-corrected chi connectivity index (χ1v) is 6.31. The number of nitrogens with one attached hydrogen (secondary N) is 2. The van der Waals surface area contributed by atoms with Crippen LogP contribution in [0.3, 0.4) is 0 Å². The van der Waals surface area contributed by atoms with Crippen LogP contribution in [-0.4, -0.2) is 32.6 Å². The molecule has 108 valence electrons. The van der Waals surface area contributed by atoms with Crippen molar-refractivity contribution < 1.29 is 9.90 Å². The fourth-order valence-electron chi connectivity index (χ4n) is 1.58. The predicted molar refractivity (Wildman–Crippen MR) is 79.6 cm³/mol. The number of carboxylic acids is 1. The number of carbonyl (C=O) groups is 1. The molecule has 1 aromatic carbocycles. The molecule has 0 saturated heterocycles. The Kier molecular flexibility index (Phi) is 4.81. The highest BCUT2D eigenvalue weighted by molar-refractivity contribution is 5.79. The van der Waals surface area contributed by atoms with E-state index in [0.717, 1.165) is 11.8 Å². The van der Waals surface area contributed by atoms with Crippen LogP contribution in [0.1, 0.15) is 5.82 Å². The van der Waals surface area contributed by atoms with E-state index in [0.29, 0.717) is 24.3 Å². The van der Waals surface area contributed by atoms with Gasteiger partial charge < -0.3 is 15.7 Å². The highest BCUT2D eigenvalue weighted by Gasteiger charge is 2.03. The van der Waals surface area contributed by atoms with Gasteiger partial charge in [-0.25, -0.2) is 4.79 Å². The largest absolute Gasteiger partial charge is 0.478 e. The van der Waals surface area contributed by atoms with E-state index in [2.05, 4.69) is 25.6 Å². The van der Waals surface area contributed by atoms with Crippen LogP contribution in [0.2, 0.25) is 0 Å². The maximum atomic E-state index is 10.4. The molecular formula is C14H15N5O2. The number of carboxylic acid groups (broad SMARTS) is 1. The van der Waals surface area contributed by atoms with Crippen molar-refractivity contribution in [1.82, 2.24) is 15.0 Å². The molecule has 0 saturated carbocycles. The minimum absolute atomic E-state index is 0.320. The van der Waals surface area contributed by atoms with E-state index in [1.807, 2.05) is 30.3 Å². The van der Waals surface area contributed by atoms with Gasteiger partial charge in [0.05, 0.1) is 0 Å². The standard InChI is InChI=1S/C14H15N5O2/c1-10-16-13(15-9-5-8-12(20)21)19-14(17-10)18-11-6-3-2-4-7-11/h2-8H,9H2,1H3,(H,20,21)(H2,15,16,17,18,19)/b8-5+. The van der Waals surface area contributed by atoms with E-state index < -0.39 is 5.97 Å². The van der Waals surface area contributed by atoms with E-state index in [-0.39, 0.29) is 0 Å². The van der Waals surface area contributed by atoms with Gasteiger partial charge in [0.1, 0.15) is 5.82 Å². The average molecular weight is 285 g/mol. The molecule has 0 bridgehead atoms. The van der Waals surface area contributed by atoms with E-state index in [4.69, 9.17) is 5.11 Å². The van der Waals surface area contributed by atoms with Gasteiger partial charge in [-0.2, -0.15) is 15.0 Å². The number of anilines is 3. The highest BCUT2D eigenvalue weighted by Crippen LogP contribution is 2.13. The number of benzene rings is 1. The summed E-state index contributed by atoms with van der Waals surface area (Å²) in [5.41, 5.74) is 0.875. The zero-order valence-electron chi connectivity index (χ0n) is 11.4. The van der Waals surface area contributed by atoms with Gasteiger partial charge in [-0.3, -0.25) is 0 Å². The number of aliphatic carboxylic acids is 1. The second-order valence-electron chi connectivity index (χ2n) is 4.14. The van der Waals surface area contributed by atoms with Gasteiger partial charge in [0, 0.05) is 18.3 Å². The number of rotatable bonds is 6. The van der Waals surface area contributed by atoms with Crippen molar-refractivity contribution in [1.29, 1.82) is 0 Å². The zero-order valence-corrected chi connectivity index (χ0v) is 11.4. The van der Waals surface area contributed by atoms with E-state index in [1.165, 1.54) is 6.08 Å². The normalized spacial score (nSPS) is 10.5. The van der Waals surface area contributed by atoms with Crippen molar-refractivity contribution in [3.63, 3.8) is 0 Å². The van der Waals surface area contributed by atoms with Gasteiger partial charge in [-0.1, -0.05) is 24.3 Å². The second kappa shape index (κ2) is 6.99. The molecule has 2 aromatic rings. The monoisotopic (exact) mass is 285 g/mol. The fraction of sp³-hybridized carbons (Fsp3) is 0.143. The Balaban J connectivity index is 2.05. The number of hydrogen-bond donors (Lipinski definition) is 3. The SMILES string of the molecule is Cc1nc(NC/C=C/C(=O)O)nc(Nc2ccccc2)n1. The van der Waals surface area contributed by atoms with E-state index in [1.54, 1.807) is 6.92 Å². The number of aryl methyl sites for hydroxylation is 1. The number of hydrogen-bond acceptors (Lipinski definition) is 6. The molecule has 0 aliphatic rings. The predicted octanol–water partition coefficient (Wildman–Crippen LogP) is 1.98. The molecule has 0 atom stereocenters. The summed E-state index contributed by atoms with van der Waals surface area (Å²) >= 11 is 0. The quantitative estimate of drug-likeness (QED) is 0.698. The van der Waals surface area contributed by atoms with Crippen LogP contribution >= 0.6 is 0 Å². The first-order chi connectivity index (χ1) is 10.1. The lowest BCUT2D eigenvalue weighted by Gasteiger charge is -2.07. The topological polar surface area (TPSA) is 100 Å². The van der Waals surface area contributed by atoms with Gasteiger partial charge in [0.25, 0.3) is 0 Å². The maximum absolute atomic E-state index is 10.4. The summed E-state index contributed by atoms with van der Waals surface area (Å²) in [6, 6.07) is 9.55. The van der Waals surface area contributed by atoms with Crippen molar-refractivity contribution in [3.8, 4) is 0 Å². The van der Waals surface area contributed by atoms with Crippen molar-refractivity contribution in [2.75, 3.05) is 17.2 Å². The lowest BCUT2D eigenvalue weighted by atomic mass is 10.3. The number of aromatic nitrogens is 3. The third-order valence-electron chi connectivity index (χ3n) is 2.42. The molecule has 3 N–H and O–H groups in total. The van der Waals surface area contributed by atoms with Gasteiger partial charge in [-0.05, 0) is 19.1 Å². The highest BCUT2D eigenvalue weighted by atomic mass is 16.4. The van der Waals surface area contributed by atoms with Gasteiger partial charge in [0.15, 0.2) is 0 Å². The maximum Gasteiger partial charge on any atom is 0.328 e. The molecule has 0 unspecified atom stereocenters. The first kappa shape index (κ1) is 14.4. The van der Waals surface area contributed by atoms with Gasteiger partial charge in [0.2, 0.25) is 11.9 Å². The molecular weight excluding hydrogens is 270 g/mol. The van der Waals surface area contributed by atoms with E-state index in [9.17, 15) is 4.79 Å². The minimum Gasteiger partial charge on any atom is -0.478 e. The van der Waals surface area contributed by atoms with Crippen LogP contribution in [-0.2, 0) is 4.79 Å². The van der Waals surface area contributed by atoms with Crippen LogP contribution in [0, 0.1) is 6.92 Å². The van der Waals surface area contributed by atoms with Crippen molar-refractivity contribution in [3.05, 3.63) is 48.3 Å². The van der Waals surface area contributed by atoms with Crippen molar-refractivity contribution >= 4 is 23.6 Å². The fourth-order valence-corrected chi connectivity index (χ4v) is 1.58. The summed E-state index contributed by atoms with van der Waals surface area (Å²) in [6.45, 7) is 2.08. The molecule has 21 heavy (non-hydrogen) atoms. The summed E-state index contributed by atoms with van der Waals surface area (Å²) < 4.78 is 0. The summed E-state index contributed by atoms with van der Waals surface area (Å²) in [5, 5.41) is 14.5. The van der Waals surface area contributed by atoms with E-state index >= 15 is 0 Å². The first-order valence-electron chi connectivity index (χ1n) is 6.31. The van der Waals surface area contributed by atoms with Crippen LogP contribution in [0.5, 0.6) is 0 Å². The molecule has 0 amide bonds. The second-order valence-corrected chi connectivity index (χ2v) is 4.14. The summed E-state index contributed by atoms with van der Waals surface area (Å²) in [5.74, 6) is 0.387. The molecule has 2 rings (SSSR count). The summed E-state index contributed by atoms with van der Waals surface area (Å²) in [6.07, 6.45) is 2.54. The molecule has 0 spiro atoms. The molecule has 0 aliphatic carbocycles. The van der Waals surface area contributed by atoms with Crippen LogP contribution < -0.4 is 10.6 Å². The van der Waals surface area contributed by atoms with Crippen molar-refractivity contribution in [2.24, 2.45) is 0 Å². The zero-order chi connectivity index (χ0) is 15.1. The average Bonchev–Trinajstić information content (AvgIpc) is 2.44. The smallest absolute Gasteiger partial charge is 0.328 e. The molecule has 0 fully saturated rings. The Morgan fingerprint density at radius 1 is 1.19 bits per heavy atom. The van der Waals surface area contributed by atoms with Crippen molar-refractivity contribution in [2.45, 2.75) is 6.92 Å². The molecule has 0 radical (unpaired) electrons. The van der Waals surface area contributed by atoms with Gasteiger partial charge in [-0.15, -0.1) is 0 Å². The molecule has 1 aromatic heterocycles. The minimum atomic E-state index is -0.991. The Labute approximate surface area is 121 Å². The number of para-hydroxylation sites is 1. The summed E-state index contributed by atoms with van der Waals surface area (Å²) in [4.78, 5) is 22.9. The van der Waals surface area contributed by atoms with Crippen LogP contribution in [0.25, 0.3) is 0 Å². The molecule has 0 aliphatic heterocycles. The molecule has 7 nitrogen and oxygen atoms in total. The Morgan fingerprint density at radius 2 is 1.90 bits per heavy atom. The summed E-state index contributed by atoms with van der Waals surface area (Å²) in [7, 11) is 0. The van der Waals surface area contributed by atoms with Gasteiger partial charge >= 0.3 is 5.97 Å². The Hall–Kier alpha value is -2.96. The molecule has 1 heterocycles. The lowest BCUT2D eigenvalue weighted by Crippen LogP contribution is -2.08. The third-order valence-corrected chi connectivity index (χ3v) is 2.42. The Morgan fingerprint density at radius 3 is 2.62 bits per heavy atom.